The molecule has 4 rings (SSSR count). The Morgan fingerprint density at radius 1 is 0.767 bits per heavy atom. The minimum Gasteiger partial charge on any atom is -0.497 e. The third-order valence-electron chi connectivity index (χ3n) is 5.10. The number of fused-ring (bicyclic) bond motifs is 1. The topological polar surface area (TPSA) is 18.5 Å². The van der Waals surface area contributed by atoms with Crippen molar-refractivity contribution in [2.24, 2.45) is 0 Å². The molecule has 150 valence electrons. The van der Waals surface area contributed by atoms with Gasteiger partial charge < -0.3 is 9.47 Å². The van der Waals surface area contributed by atoms with Crippen LogP contribution in [0.3, 0.4) is 0 Å². The number of ether oxygens (including phenoxy) is 2. The zero-order valence-corrected chi connectivity index (χ0v) is 18.0. The summed E-state index contributed by atoms with van der Waals surface area (Å²) in [6, 6.07) is 33.8. The predicted octanol–water partition coefficient (Wildman–Crippen LogP) is 5.97. The Morgan fingerprint density at radius 2 is 1.40 bits per heavy atom. The second-order valence-corrected chi connectivity index (χ2v) is 9.36. The fourth-order valence-electron chi connectivity index (χ4n) is 3.49. The van der Waals surface area contributed by atoms with Gasteiger partial charge in [-0.1, -0.05) is 85.4 Å². The van der Waals surface area contributed by atoms with Crippen molar-refractivity contribution in [3.63, 3.8) is 0 Å². The molecule has 4 aromatic carbocycles. The molecule has 0 amide bonds. The van der Waals surface area contributed by atoms with Crippen LogP contribution < -0.4 is 15.3 Å². The van der Waals surface area contributed by atoms with E-state index in [1.165, 1.54) is 16.0 Å². The first-order chi connectivity index (χ1) is 14.7. The van der Waals surface area contributed by atoms with E-state index in [1.54, 1.807) is 7.11 Å². The Hall–Kier alpha value is -3.09. The van der Waals surface area contributed by atoms with Crippen LogP contribution in [-0.4, -0.2) is 19.9 Å². The molecule has 0 spiro atoms. The standard InChI is InChI=1S/C27H25O2P/c1-21(23-14-13-22-15-16-25(28-2)20-24(22)19-23)29-17-18-30(26-9-5-3-6-10-26)27-11-7-4-8-12-27/h3-16,19-20H,1,17-18H2,2H3. The van der Waals surface area contributed by atoms with Crippen molar-refractivity contribution >= 4 is 35.1 Å². The summed E-state index contributed by atoms with van der Waals surface area (Å²) in [6.07, 6.45) is 0.948. The lowest BCUT2D eigenvalue weighted by Crippen LogP contribution is -2.16. The van der Waals surface area contributed by atoms with Crippen molar-refractivity contribution in [2.75, 3.05) is 19.9 Å². The average Bonchev–Trinajstić information content (AvgIpc) is 2.82. The monoisotopic (exact) mass is 412 g/mol. The van der Waals surface area contributed by atoms with Crippen LogP contribution in [0.15, 0.2) is 104 Å². The summed E-state index contributed by atoms with van der Waals surface area (Å²) in [5.74, 6) is 1.55. The van der Waals surface area contributed by atoms with E-state index in [0.717, 1.165) is 22.9 Å². The van der Waals surface area contributed by atoms with E-state index in [2.05, 4.69) is 91.5 Å². The van der Waals surface area contributed by atoms with Crippen molar-refractivity contribution in [3.05, 3.63) is 109 Å². The van der Waals surface area contributed by atoms with Crippen LogP contribution >= 0.6 is 7.92 Å². The van der Waals surface area contributed by atoms with Gasteiger partial charge in [0, 0.05) is 11.7 Å². The molecule has 0 aliphatic rings. The van der Waals surface area contributed by atoms with Crippen LogP contribution in [0.2, 0.25) is 0 Å². The molecule has 0 N–H and O–H groups in total. The highest BCUT2D eigenvalue weighted by atomic mass is 31.1. The minimum atomic E-state index is -0.468. The third kappa shape index (κ3) is 4.72. The van der Waals surface area contributed by atoms with Crippen LogP contribution in [0, 0.1) is 0 Å². The first-order valence-corrected chi connectivity index (χ1v) is 11.5. The Balaban J connectivity index is 1.46. The molecule has 30 heavy (non-hydrogen) atoms. The molecular formula is C27H25O2P. The summed E-state index contributed by atoms with van der Waals surface area (Å²) in [4.78, 5) is 0. The van der Waals surface area contributed by atoms with Gasteiger partial charge in [-0.2, -0.15) is 0 Å². The smallest absolute Gasteiger partial charge is 0.119 e. The van der Waals surface area contributed by atoms with E-state index in [0.29, 0.717) is 12.4 Å². The summed E-state index contributed by atoms with van der Waals surface area (Å²) < 4.78 is 11.4. The largest absolute Gasteiger partial charge is 0.497 e. The number of rotatable bonds is 8. The van der Waals surface area contributed by atoms with E-state index in [4.69, 9.17) is 9.47 Å². The fraction of sp³-hybridized carbons (Fsp3) is 0.111. The minimum absolute atomic E-state index is 0.468. The van der Waals surface area contributed by atoms with Gasteiger partial charge in [0.2, 0.25) is 0 Å². The normalized spacial score (nSPS) is 10.9. The fourth-order valence-corrected chi connectivity index (χ4v) is 5.64. The second kappa shape index (κ2) is 9.61. The molecule has 0 aliphatic carbocycles. The van der Waals surface area contributed by atoms with Crippen molar-refractivity contribution in [3.8, 4) is 5.75 Å². The van der Waals surface area contributed by atoms with Gasteiger partial charge in [-0.25, -0.2) is 0 Å². The molecule has 0 aromatic heterocycles. The maximum absolute atomic E-state index is 6.10. The SMILES string of the molecule is C=C(OCCP(c1ccccc1)c1ccccc1)c1ccc2ccc(OC)cc2c1. The Kier molecular flexibility index (Phi) is 6.47. The van der Waals surface area contributed by atoms with Crippen molar-refractivity contribution in [1.29, 1.82) is 0 Å². The maximum atomic E-state index is 6.10. The first kappa shape index (κ1) is 20.2. The van der Waals surface area contributed by atoms with Crippen LogP contribution in [0.1, 0.15) is 5.56 Å². The highest BCUT2D eigenvalue weighted by Gasteiger charge is 2.14. The summed E-state index contributed by atoms with van der Waals surface area (Å²) in [6.45, 7) is 4.80. The lowest BCUT2D eigenvalue weighted by atomic mass is 10.1. The number of methoxy groups -OCH3 is 1. The van der Waals surface area contributed by atoms with Gasteiger partial charge in [0.1, 0.15) is 11.5 Å². The van der Waals surface area contributed by atoms with Gasteiger partial charge >= 0.3 is 0 Å². The van der Waals surface area contributed by atoms with E-state index >= 15 is 0 Å². The Morgan fingerprint density at radius 3 is 2.03 bits per heavy atom. The van der Waals surface area contributed by atoms with E-state index < -0.39 is 7.92 Å². The zero-order chi connectivity index (χ0) is 20.8. The third-order valence-corrected chi connectivity index (χ3v) is 7.57. The van der Waals surface area contributed by atoms with Gasteiger partial charge in [-0.3, -0.25) is 0 Å². The molecule has 0 saturated heterocycles. The molecular weight excluding hydrogens is 387 g/mol. The molecule has 0 bridgehead atoms. The highest BCUT2D eigenvalue weighted by Crippen LogP contribution is 2.33. The quantitative estimate of drug-likeness (QED) is 0.262. The highest BCUT2D eigenvalue weighted by molar-refractivity contribution is 7.73. The van der Waals surface area contributed by atoms with Crippen molar-refractivity contribution < 1.29 is 9.47 Å². The molecule has 2 nitrogen and oxygen atoms in total. The lowest BCUT2D eigenvalue weighted by molar-refractivity contribution is 0.302. The number of hydrogen-bond acceptors (Lipinski definition) is 2. The number of hydrogen-bond donors (Lipinski definition) is 0. The van der Waals surface area contributed by atoms with Crippen LogP contribution in [0.5, 0.6) is 5.75 Å². The summed E-state index contributed by atoms with van der Waals surface area (Å²) in [5.41, 5.74) is 1.000. The van der Waals surface area contributed by atoms with E-state index in [-0.39, 0.29) is 0 Å². The zero-order valence-electron chi connectivity index (χ0n) is 17.1. The lowest BCUT2D eigenvalue weighted by Gasteiger charge is -2.19. The van der Waals surface area contributed by atoms with Crippen molar-refractivity contribution in [1.82, 2.24) is 0 Å². The molecule has 0 atom stereocenters. The molecule has 0 unspecified atom stereocenters. The Labute approximate surface area is 179 Å². The van der Waals surface area contributed by atoms with E-state index in [1.807, 2.05) is 12.1 Å². The molecule has 3 heteroatoms. The summed E-state index contributed by atoms with van der Waals surface area (Å²) in [5, 5.41) is 5.02. The van der Waals surface area contributed by atoms with Crippen LogP contribution in [0.4, 0.5) is 0 Å². The Bertz CT molecular complexity index is 1080. The molecule has 0 radical (unpaired) electrons. The second-order valence-electron chi connectivity index (χ2n) is 7.02. The van der Waals surface area contributed by atoms with Crippen LogP contribution in [-0.2, 0) is 4.74 Å². The van der Waals surface area contributed by atoms with Gasteiger partial charge in [-0.15, -0.1) is 0 Å². The molecule has 0 fully saturated rings. The molecule has 4 aromatic rings. The van der Waals surface area contributed by atoms with Gasteiger partial charge in [0.25, 0.3) is 0 Å². The number of benzene rings is 4. The maximum Gasteiger partial charge on any atom is 0.119 e. The molecule has 0 aliphatic heterocycles. The van der Waals surface area contributed by atoms with Gasteiger partial charge in [0.15, 0.2) is 0 Å². The van der Waals surface area contributed by atoms with Crippen LogP contribution in [0.25, 0.3) is 16.5 Å². The van der Waals surface area contributed by atoms with Gasteiger partial charge in [0.05, 0.1) is 13.7 Å². The molecule has 0 saturated carbocycles. The van der Waals surface area contributed by atoms with Gasteiger partial charge in [-0.05, 0) is 47.5 Å². The predicted molar refractivity (Wildman–Crippen MR) is 129 cm³/mol. The van der Waals surface area contributed by atoms with E-state index in [9.17, 15) is 0 Å². The first-order valence-electron chi connectivity index (χ1n) is 10.0. The average molecular weight is 412 g/mol. The molecule has 0 heterocycles. The summed E-state index contributed by atoms with van der Waals surface area (Å²) >= 11 is 0. The van der Waals surface area contributed by atoms with Crippen molar-refractivity contribution in [2.45, 2.75) is 0 Å². The summed E-state index contributed by atoms with van der Waals surface area (Å²) in [7, 11) is 1.22.